The van der Waals surface area contributed by atoms with E-state index in [1.165, 1.54) is 31.2 Å². The number of benzene rings is 1. The fourth-order valence-electron chi connectivity index (χ4n) is 2.96. The molecule has 1 aromatic carbocycles. The Labute approximate surface area is 97.2 Å². The highest BCUT2D eigenvalue weighted by Gasteiger charge is 2.36. The Morgan fingerprint density at radius 2 is 1.94 bits per heavy atom. The summed E-state index contributed by atoms with van der Waals surface area (Å²) < 4.78 is 5.87. The number of hydrogen-bond donors (Lipinski definition) is 0. The summed E-state index contributed by atoms with van der Waals surface area (Å²) in [5.41, 5.74) is 1.40. The summed E-state index contributed by atoms with van der Waals surface area (Å²) in [5.74, 6) is 0. The highest BCUT2D eigenvalue weighted by Crippen LogP contribution is 2.31. The van der Waals surface area contributed by atoms with Crippen LogP contribution in [0.15, 0.2) is 30.3 Å². The summed E-state index contributed by atoms with van der Waals surface area (Å²) in [5, 5.41) is 0. The lowest BCUT2D eigenvalue weighted by Gasteiger charge is -2.29. The molecule has 1 heterocycles. The first-order valence-corrected chi connectivity index (χ1v) is 6.33. The van der Waals surface area contributed by atoms with Crippen molar-refractivity contribution in [1.82, 2.24) is 4.90 Å². The molecule has 0 bridgehead atoms. The van der Waals surface area contributed by atoms with Gasteiger partial charge >= 0.3 is 0 Å². The second-order valence-corrected chi connectivity index (χ2v) is 4.92. The van der Waals surface area contributed by atoms with Gasteiger partial charge in [0.05, 0.1) is 6.10 Å². The summed E-state index contributed by atoms with van der Waals surface area (Å²) >= 11 is 0. The molecule has 86 valence electrons. The van der Waals surface area contributed by atoms with Crippen LogP contribution in [0.25, 0.3) is 0 Å². The third kappa shape index (κ3) is 2.00. The molecule has 1 saturated carbocycles. The Hall–Kier alpha value is -0.860. The average Bonchev–Trinajstić information content (AvgIpc) is 2.74. The molecule has 2 nitrogen and oxygen atoms in total. The van der Waals surface area contributed by atoms with Gasteiger partial charge in [0.1, 0.15) is 6.73 Å². The molecule has 0 radical (unpaired) electrons. The van der Waals surface area contributed by atoms with Gasteiger partial charge in [0.25, 0.3) is 0 Å². The van der Waals surface area contributed by atoms with E-state index in [2.05, 4.69) is 35.2 Å². The molecular weight excluding hydrogens is 198 g/mol. The van der Waals surface area contributed by atoms with Crippen molar-refractivity contribution in [2.45, 2.75) is 44.4 Å². The number of nitrogens with zero attached hydrogens (tertiary/aromatic N) is 1. The molecule has 16 heavy (non-hydrogen) atoms. The van der Waals surface area contributed by atoms with Crippen LogP contribution in [0.5, 0.6) is 0 Å². The summed E-state index contributed by atoms with van der Waals surface area (Å²) in [6.07, 6.45) is 5.81. The molecule has 0 unspecified atom stereocenters. The third-order valence-corrected chi connectivity index (χ3v) is 3.82. The minimum absolute atomic E-state index is 0.512. The number of fused-ring (bicyclic) bond motifs is 1. The number of rotatable bonds is 2. The second kappa shape index (κ2) is 4.56. The van der Waals surface area contributed by atoms with Crippen LogP contribution in [0.3, 0.4) is 0 Å². The van der Waals surface area contributed by atoms with Gasteiger partial charge in [-0.15, -0.1) is 0 Å². The zero-order valence-corrected chi connectivity index (χ0v) is 9.64. The molecule has 2 fully saturated rings. The van der Waals surface area contributed by atoms with Crippen LogP contribution in [0.1, 0.15) is 31.2 Å². The highest BCUT2D eigenvalue weighted by molar-refractivity contribution is 5.14. The van der Waals surface area contributed by atoms with Crippen molar-refractivity contribution in [3.05, 3.63) is 35.9 Å². The maximum absolute atomic E-state index is 5.87. The minimum atomic E-state index is 0.512. The van der Waals surface area contributed by atoms with Crippen molar-refractivity contribution in [3.63, 3.8) is 0 Å². The monoisotopic (exact) mass is 217 g/mol. The predicted molar refractivity (Wildman–Crippen MR) is 64.0 cm³/mol. The standard InChI is InChI=1S/C14H19NO/c1-2-6-12(7-3-1)10-15-11-16-14-9-5-4-8-13(14)15/h1-3,6-7,13-14H,4-5,8-11H2/t13-,14-/m1/s1. The van der Waals surface area contributed by atoms with Gasteiger partial charge in [-0.1, -0.05) is 43.2 Å². The highest BCUT2D eigenvalue weighted by atomic mass is 16.5. The van der Waals surface area contributed by atoms with Crippen LogP contribution in [-0.4, -0.2) is 23.8 Å². The van der Waals surface area contributed by atoms with E-state index < -0.39 is 0 Å². The lowest BCUT2D eigenvalue weighted by Crippen LogP contribution is -2.36. The average molecular weight is 217 g/mol. The molecule has 2 atom stereocenters. The Morgan fingerprint density at radius 1 is 1.12 bits per heavy atom. The van der Waals surface area contributed by atoms with E-state index in [0.29, 0.717) is 12.1 Å². The van der Waals surface area contributed by atoms with E-state index in [1.54, 1.807) is 0 Å². The van der Waals surface area contributed by atoms with Gasteiger partial charge in [0.15, 0.2) is 0 Å². The van der Waals surface area contributed by atoms with E-state index in [9.17, 15) is 0 Å². The van der Waals surface area contributed by atoms with Crippen LogP contribution in [0, 0.1) is 0 Å². The summed E-state index contributed by atoms with van der Waals surface area (Å²) in [4.78, 5) is 2.50. The topological polar surface area (TPSA) is 12.5 Å². The molecule has 1 aliphatic heterocycles. The van der Waals surface area contributed by atoms with Crippen LogP contribution in [0.4, 0.5) is 0 Å². The van der Waals surface area contributed by atoms with E-state index in [-0.39, 0.29) is 0 Å². The van der Waals surface area contributed by atoms with E-state index >= 15 is 0 Å². The number of ether oxygens (including phenoxy) is 1. The first-order chi connectivity index (χ1) is 7.93. The number of hydrogen-bond acceptors (Lipinski definition) is 2. The Kier molecular flexibility index (Phi) is 2.94. The SMILES string of the molecule is c1ccc(CN2CO[C@@H]3CCCC[C@H]32)cc1. The van der Waals surface area contributed by atoms with Gasteiger partial charge in [-0.3, -0.25) is 4.90 Å². The molecule has 2 aliphatic rings. The molecule has 0 aromatic heterocycles. The van der Waals surface area contributed by atoms with Gasteiger partial charge < -0.3 is 4.74 Å². The molecular formula is C14H19NO. The van der Waals surface area contributed by atoms with Crippen LogP contribution >= 0.6 is 0 Å². The zero-order chi connectivity index (χ0) is 10.8. The minimum Gasteiger partial charge on any atom is -0.361 e. The molecule has 0 amide bonds. The summed E-state index contributed by atoms with van der Waals surface area (Å²) in [6, 6.07) is 11.4. The van der Waals surface area contributed by atoms with Crippen LogP contribution in [0.2, 0.25) is 0 Å². The van der Waals surface area contributed by atoms with Crippen molar-refractivity contribution >= 4 is 0 Å². The van der Waals surface area contributed by atoms with Crippen molar-refractivity contribution in [3.8, 4) is 0 Å². The second-order valence-electron chi connectivity index (χ2n) is 4.92. The van der Waals surface area contributed by atoms with Gasteiger partial charge in [-0.05, 0) is 18.4 Å². The van der Waals surface area contributed by atoms with Gasteiger partial charge in [0, 0.05) is 12.6 Å². The predicted octanol–water partition coefficient (Wildman–Crippen LogP) is 2.79. The van der Waals surface area contributed by atoms with Crippen molar-refractivity contribution in [2.75, 3.05) is 6.73 Å². The van der Waals surface area contributed by atoms with E-state index in [1.807, 2.05) is 0 Å². The fourth-order valence-corrected chi connectivity index (χ4v) is 2.96. The fraction of sp³-hybridized carbons (Fsp3) is 0.571. The molecule has 1 aromatic rings. The Morgan fingerprint density at radius 3 is 2.81 bits per heavy atom. The third-order valence-electron chi connectivity index (χ3n) is 3.82. The normalized spacial score (nSPS) is 30.2. The molecule has 3 rings (SSSR count). The Bertz CT molecular complexity index is 338. The van der Waals surface area contributed by atoms with Crippen molar-refractivity contribution in [2.24, 2.45) is 0 Å². The van der Waals surface area contributed by atoms with Crippen LogP contribution in [-0.2, 0) is 11.3 Å². The quantitative estimate of drug-likeness (QED) is 0.755. The van der Waals surface area contributed by atoms with Gasteiger partial charge in [-0.25, -0.2) is 0 Å². The summed E-state index contributed by atoms with van der Waals surface area (Å²) in [7, 11) is 0. The van der Waals surface area contributed by atoms with Crippen molar-refractivity contribution in [1.29, 1.82) is 0 Å². The van der Waals surface area contributed by atoms with Gasteiger partial charge in [0.2, 0.25) is 0 Å². The molecule has 2 heteroatoms. The largest absolute Gasteiger partial charge is 0.361 e. The first kappa shape index (κ1) is 10.3. The van der Waals surface area contributed by atoms with Crippen molar-refractivity contribution < 1.29 is 4.74 Å². The van der Waals surface area contributed by atoms with Crippen LogP contribution < -0.4 is 0 Å². The molecule has 0 spiro atoms. The lowest BCUT2D eigenvalue weighted by atomic mass is 9.92. The van der Waals surface area contributed by atoms with Gasteiger partial charge in [-0.2, -0.15) is 0 Å². The Balaban J connectivity index is 1.67. The smallest absolute Gasteiger partial charge is 0.100 e. The lowest BCUT2D eigenvalue weighted by molar-refractivity contribution is 0.0760. The maximum atomic E-state index is 5.87. The summed E-state index contributed by atoms with van der Waals surface area (Å²) in [6.45, 7) is 1.87. The zero-order valence-electron chi connectivity index (χ0n) is 9.64. The molecule has 0 N–H and O–H groups in total. The maximum Gasteiger partial charge on any atom is 0.100 e. The van der Waals surface area contributed by atoms with E-state index in [0.717, 1.165) is 13.3 Å². The van der Waals surface area contributed by atoms with E-state index in [4.69, 9.17) is 4.74 Å². The first-order valence-electron chi connectivity index (χ1n) is 6.33. The molecule has 1 saturated heterocycles. The molecule has 1 aliphatic carbocycles.